The number of alkyl halides is 1. The van der Waals surface area contributed by atoms with Crippen LogP contribution < -0.4 is 10.8 Å². The van der Waals surface area contributed by atoms with Gasteiger partial charge in [-0.2, -0.15) is 13.5 Å². The van der Waals surface area contributed by atoms with Crippen molar-refractivity contribution in [3.05, 3.63) is 0 Å². The maximum Gasteiger partial charge on any atom is 0.418 e. The van der Waals surface area contributed by atoms with Crippen LogP contribution in [-0.4, -0.2) is 79.4 Å². The zero-order valence-corrected chi connectivity index (χ0v) is 14.7. The molecule has 11 nitrogen and oxygen atoms in total. The van der Waals surface area contributed by atoms with E-state index in [-0.39, 0.29) is 25.1 Å². The van der Waals surface area contributed by atoms with E-state index < -0.39 is 41.1 Å². The topological polar surface area (TPSA) is 138 Å². The molecule has 2 unspecified atom stereocenters. The number of fused-ring (bicyclic) bond motifs is 2. The highest BCUT2D eigenvalue weighted by atomic mass is 32.3. The van der Waals surface area contributed by atoms with Gasteiger partial charge in [-0.15, -0.1) is 4.28 Å². The summed E-state index contributed by atoms with van der Waals surface area (Å²) in [5.41, 5.74) is 2.29. The summed E-state index contributed by atoms with van der Waals surface area (Å²) >= 11 is 0. The van der Waals surface area contributed by atoms with Crippen LogP contribution in [0.3, 0.4) is 0 Å². The molecule has 3 heterocycles. The monoisotopic (exact) mass is 396 g/mol. The number of piperidine rings is 1. The molecular weight excluding hydrogens is 375 g/mol. The number of nitrogens with zero attached hydrogens (tertiary/aromatic N) is 2. The zero-order valence-electron chi connectivity index (χ0n) is 13.8. The van der Waals surface area contributed by atoms with Gasteiger partial charge in [-0.25, -0.2) is 10.3 Å². The van der Waals surface area contributed by atoms with Gasteiger partial charge < -0.3 is 10.2 Å². The molecule has 3 aliphatic heterocycles. The third kappa shape index (κ3) is 4.23. The average molecular weight is 396 g/mol. The lowest BCUT2D eigenvalue weighted by atomic mass is 10.0. The summed E-state index contributed by atoms with van der Waals surface area (Å²) in [6.45, 7) is 0.436. The molecule has 0 saturated carbocycles. The Morgan fingerprint density at radius 1 is 1.42 bits per heavy atom. The Balaban J connectivity index is 1.49. The van der Waals surface area contributed by atoms with Crippen molar-refractivity contribution in [2.24, 2.45) is 5.92 Å². The van der Waals surface area contributed by atoms with E-state index in [9.17, 15) is 22.4 Å². The van der Waals surface area contributed by atoms with Gasteiger partial charge in [0.2, 0.25) is 0 Å². The van der Waals surface area contributed by atoms with E-state index in [4.69, 9.17) is 9.39 Å². The van der Waals surface area contributed by atoms with Gasteiger partial charge in [0.15, 0.2) is 0 Å². The molecule has 0 aromatic carbocycles. The molecular formula is C13H21FN4O7S. The summed E-state index contributed by atoms with van der Waals surface area (Å²) in [6, 6.07) is -2.26. The lowest BCUT2D eigenvalue weighted by Crippen LogP contribution is -2.50. The van der Waals surface area contributed by atoms with Crippen LogP contribution in [0.4, 0.5) is 9.18 Å². The minimum absolute atomic E-state index is 0.0504. The van der Waals surface area contributed by atoms with Gasteiger partial charge in [-0.1, -0.05) is 0 Å². The van der Waals surface area contributed by atoms with Gasteiger partial charge in [0.25, 0.3) is 5.91 Å². The van der Waals surface area contributed by atoms with Crippen molar-refractivity contribution in [1.82, 2.24) is 20.8 Å². The minimum atomic E-state index is -4.83. The second-order valence-corrected chi connectivity index (χ2v) is 7.65. The highest BCUT2D eigenvalue weighted by Gasteiger charge is 2.49. The van der Waals surface area contributed by atoms with Gasteiger partial charge >= 0.3 is 16.4 Å². The molecule has 4 atom stereocenters. The second kappa shape index (κ2) is 7.60. The lowest BCUT2D eigenvalue weighted by Gasteiger charge is -2.29. The Morgan fingerprint density at radius 2 is 2.19 bits per heavy atom. The second-order valence-electron chi connectivity index (χ2n) is 6.65. The Bertz CT molecular complexity index is 663. The summed E-state index contributed by atoms with van der Waals surface area (Å²) in [5.74, 6) is -0.587. The van der Waals surface area contributed by atoms with Crippen LogP contribution in [0.1, 0.15) is 19.3 Å². The maximum absolute atomic E-state index is 12.6. The van der Waals surface area contributed by atoms with Gasteiger partial charge in [0.05, 0.1) is 19.3 Å². The Kier molecular flexibility index (Phi) is 5.62. The molecule has 0 spiro atoms. The number of hydrogen-bond acceptors (Lipinski definition) is 7. The summed E-state index contributed by atoms with van der Waals surface area (Å²) < 4.78 is 47.3. The first-order chi connectivity index (χ1) is 12.3. The lowest BCUT2D eigenvalue weighted by molar-refractivity contribution is -0.139. The van der Waals surface area contributed by atoms with Gasteiger partial charge in [0, 0.05) is 25.0 Å². The van der Waals surface area contributed by atoms with Crippen LogP contribution in [0, 0.1) is 5.92 Å². The summed E-state index contributed by atoms with van der Waals surface area (Å²) in [5, 5.41) is 3.66. The molecule has 3 N–H and O–H groups in total. The van der Waals surface area contributed by atoms with E-state index >= 15 is 0 Å². The average Bonchev–Trinajstić information content (AvgIpc) is 3.13. The van der Waals surface area contributed by atoms with Crippen molar-refractivity contribution in [2.75, 3.05) is 26.4 Å². The molecule has 3 amide bonds. The van der Waals surface area contributed by atoms with Gasteiger partial charge in [-0.3, -0.25) is 18.6 Å². The molecule has 2 bridgehead atoms. The Hall–Kier alpha value is -1.54. The molecule has 3 aliphatic rings. The van der Waals surface area contributed by atoms with E-state index in [2.05, 4.69) is 15.1 Å². The smallest absolute Gasteiger partial charge is 0.311 e. The van der Waals surface area contributed by atoms with E-state index in [0.717, 1.165) is 0 Å². The molecule has 3 saturated heterocycles. The quantitative estimate of drug-likeness (QED) is 0.367. The van der Waals surface area contributed by atoms with Gasteiger partial charge in [-0.05, 0) is 19.3 Å². The normalized spacial score (nSPS) is 31.5. The predicted octanol–water partition coefficient (Wildman–Crippen LogP) is -1.02. The summed E-state index contributed by atoms with van der Waals surface area (Å²) in [6.07, 6.45) is 1.24. The first-order valence-corrected chi connectivity index (χ1v) is 9.63. The van der Waals surface area contributed by atoms with Crippen LogP contribution >= 0.6 is 0 Å². The number of nitrogens with one attached hydrogen (secondary N) is 2. The fourth-order valence-corrected chi connectivity index (χ4v) is 3.92. The molecule has 3 rings (SSSR count). The van der Waals surface area contributed by atoms with Crippen molar-refractivity contribution in [3.63, 3.8) is 0 Å². The van der Waals surface area contributed by atoms with E-state index in [1.165, 1.54) is 4.90 Å². The van der Waals surface area contributed by atoms with Gasteiger partial charge in [0.1, 0.15) is 6.04 Å². The van der Waals surface area contributed by atoms with Crippen molar-refractivity contribution >= 4 is 22.3 Å². The Morgan fingerprint density at radius 3 is 2.85 bits per heavy atom. The summed E-state index contributed by atoms with van der Waals surface area (Å²) in [7, 11) is -4.83. The fraction of sp³-hybridized carbons (Fsp3) is 0.846. The van der Waals surface area contributed by atoms with Crippen LogP contribution in [0.25, 0.3) is 0 Å². The number of halogens is 1. The van der Waals surface area contributed by atoms with Crippen molar-refractivity contribution in [1.29, 1.82) is 0 Å². The molecule has 0 aromatic rings. The van der Waals surface area contributed by atoms with E-state index in [0.29, 0.717) is 30.9 Å². The molecule has 13 heteroatoms. The first-order valence-electron chi connectivity index (χ1n) is 8.26. The molecule has 148 valence electrons. The van der Waals surface area contributed by atoms with Crippen molar-refractivity contribution < 1.29 is 36.1 Å². The van der Waals surface area contributed by atoms with Crippen LogP contribution in [-0.2, 0) is 24.3 Å². The standard InChI is InChI=1S/C13H21FN4O7S/c14-4-8-3-9(15-5-8)7-24-16-12(19)11-2-1-10-6-17(11)13(20)18(10)25-26(21,22)23/h8-11,15H,1-7H2,(H,16,19)(H,21,22,23)/t8-,9-,10?,11?/m0/s1. The SMILES string of the molecule is O=C(NOC[C@@H]1C[C@@H](CF)CN1)C1CCC2CN1C(=O)N2OS(=O)(=O)O. The molecule has 0 aromatic heterocycles. The maximum atomic E-state index is 12.6. The number of hydroxylamine groups is 3. The predicted molar refractivity (Wildman–Crippen MR) is 83.4 cm³/mol. The molecule has 3 fully saturated rings. The zero-order chi connectivity index (χ0) is 18.9. The number of carbonyl (C=O) groups is 2. The largest absolute Gasteiger partial charge is 0.418 e. The number of rotatable bonds is 7. The fourth-order valence-electron chi connectivity index (χ4n) is 3.53. The van der Waals surface area contributed by atoms with Crippen molar-refractivity contribution in [2.45, 2.75) is 37.4 Å². The minimum Gasteiger partial charge on any atom is -0.311 e. The summed E-state index contributed by atoms with van der Waals surface area (Å²) in [4.78, 5) is 30.8. The van der Waals surface area contributed by atoms with E-state index in [1.54, 1.807) is 0 Å². The highest BCUT2D eigenvalue weighted by Crippen LogP contribution is 2.30. The number of amides is 3. The number of hydrogen-bond donors (Lipinski definition) is 3. The first kappa shape index (κ1) is 19.2. The van der Waals surface area contributed by atoms with Crippen LogP contribution in [0.15, 0.2) is 0 Å². The van der Waals surface area contributed by atoms with E-state index in [1.807, 2.05) is 0 Å². The number of carbonyl (C=O) groups excluding carboxylic acids is 2. The molecule has 26 heavy (non-hydrogen) atoms. The Labute approximate surface area is 149 Å². The van der Waals surface area contributed by atoms with Crippen LogP contribution in [0.2, 0.25) is 0 Å². The molecule has 0 radical (unpaired) electrons. The van der Waals surface area contributed by atoms with Crippen molar-refractivity contribution in [3.8, 4) is 0 Å². The number of urea groups is 1. The highest BCUT2D eigenvalue weighted by molar-refractivity contribution is 7.80. The molecule has 0 aliphatic carbocycles. The third-order valence-corrected chi connectivity index (χ3v) is 5.14. The third-order valence-electron chi connectivity index (χ3n) is 4.79. The van der Waals surface area contributed by atoms with Crippen LogP contribution in [0.5, 0.6) is 0 Å².